The molecule has 1 aromatic heterocycles. The maximum atomic E-state index is 13.6. The zero-order valence-corrected chi connectivity index (χ0v) is 22.6. The third kappa shape index (κ3) is 6.48. The molecule has 8 nitrogen and oxygen atoms in total. The van der Waals surface area contributed by atoms with Crippen LogP contribution < -0.4 is 5.32 Å². The molecule has 2 heterocycles. The van der Waals surface area contributed by atoms with Gasteiger partial charge in [0.05, 0.1) is 43.1 Å². The van der Waals surface area contributed by atoms with Crippen LogP contribution >= 0.6 is 0 Å². The number of carbonyl (C=O) groups excluding carboxylic acids is 1. The predicted octanol–water partition coefficient (Wildman–Crippen LogP) is 3.63. The van der Waals surface area contributed by atoms with Crippen molar-refractivity contribution in [3.63, 3.8) is 0 Å². The van der Waals surface area contributed by atoms with E-state index in [1.54, 1.807) is 22.8 Å². The summed E-state index contributed by atoms with van der Waals surface area (Å²) in [6.07, 6.45) is -4.48. The number of halogens is 4. The van der Waals surface area contributed by atoms with Crippen LogP contribution in [-0.4, -0.2) is 79.9 Å². The summed E-state index contributed by atoms with van der Waals surface area (Å²) in [5.74, 6) is -0.574. The Labute approximate surface area is 229 Å². The fourth-order valence-corrected chi connectivity index (χ4v) is 5.72. The lowest BCUT2D eigenvalue weighted by atomic mass is 10.1. The number of aryl methyl sites for hydroxylation is 1. The van der Waals surface area contributed by atoms with E-state index in [0.29, 0.717) is 22.2 Å². The second-order valence-corrected chi connectivity index (χ2v) is 11.8. The molecule has 0 bridgehead atoms. The summed E-state index contributed by atoms with van der Waals surface area (Å²) in [5, 5.41) is 13.2. The van der Waals surface area contributed by atoms with Crippen molar-refractivity contribution < 1.29 is 40.6 Å². The first-order valence-electron chi connectivity index (χ1n) is 12.8. The summed E-state index contributed by atoms with van der Waals surface area (Å²) < 4.78 is 84.9. The molecule has 1 aliphatic heterocycles. The molecule has 3 aromatic rings. The summed E-state index contributed by atoms with van der Waals surface area (Å²) in [5.41, 5.74) is 1.80. The van der Waals surface area contributed by atoms with Crippen LogP contribution in [0.1, 0.15) is 34.6 Å². The minimum Gasteiger partial charge on any atom is -0.394 e. The number of aliphatic hydroxyl groups is 1. The highest BCUT2D eigenvalue weighted by atomic mass is 32.2. The molecule has 218 valence electrons. The minimum absolute atomic E-state index is 0.0538. The number of sulfone groups is 1. The van der Waals surface area contributed by atoms with Gasteiger partial charge in [0.2, 0.25) is 0 Å². The van der Waals surface area contributed by atoms with Gasteiger partial charge < -0.3 is 19.7 Å². The number of benzene rings is 2. The van der Waals surface area contributed by atoms with Gasteiger partial charge in [0.1, 0.15) is 12.7 Å². The van der Waals surface area contributed by atoms with Gasteiger partial charge in [-0.15, -0.1) is 0 Å². The number of rotatable bonds is 10. The van der Waals surface area contributed by atoms with Crippen molar-refractivity contribution in [2.75, 3.05) is 38.8 Å². The average molecular weight is 586 g/mol. The fourth-order valence-electron chi connectivity index (χ4n) is 4.84. The van der Waals surface area contributed by atoms with Gasteiger partial charge in [-0.05, 0) is 42.0 Å². The number of amides is 1. The molecule has 2 aromatic carbocycles. The van der Waals surface area contributed by atoms with Gasteiger partial charge in [-0.3, -0.25) is 9.69 Å². The normalized spacial score (nSPS) is 17.7. The third-order valence-corrected chi connectivity index (χ3v) is 8.80. The van der Waals surface area contributed by atoms with E-state index >= 15 is 0 Å². The number of alkyl halides is 4. The number of hydrogen-bond acceptors (Lipinski definition) is 6. The van der Waals surface area contributed by atoms with Crippen LogP contribution in [0.5, 0.6) is 0 Å². The standard InChI is InChI=1S/C27H31F4N3O5S/c1-2-40(37,38)22-6-3-18(4-7-22)23(16-35)32-26(36)19-5-8-24-20(13-19)14-21(34(24)10-9-28)15-33-11-12-39-17-25(33)27(29,30)31/h3-8,13-14,23,25,35H,2,9-12,15-17H2,1H3,(H,32,36)/t23-,25?/m0/s1. The molecule has 1 unspecified atom stereocenters. The van der Waals surface area contributed by atoms with Gasteiger partial charge >= 0.3 is 6.18 Å². The summed E-state index contributed by atoms with van der Waals surface area (Å²) in [6, 6.07) is 9.66. The van der Waals surface area contributed by atoms with Gasteiger partial charge in [0.25, 0.3) is 5.91 Å². The van der Waals surface area contributed by atoms with E-state index in [4.69, 9.17) is 4.74 Å². The molecule has 0 saturated carbocycles. The number of aliphatic hydroxyl groups excluding tert-OH is 1. The molecule has 0 radical (unpaired) electrons. The average Bonchev–Trinajstić information content (AvgIpc) is 3.27. The van der Waals surface area contributed by atoms with Crippen molar-refractivity contribution in [2.45, 2.75) is 43.2 Å². The highest BCUT2D eigenvalue weighted by Gasteiger charge is 2.45. The molecular weight excluding hydrogens is 554 g/mol. The van der Waals surface area contributed by atoms with Crippen LogP contribution in [0.3, 0.4) is 0 Å². The summed E-state index contributed by atoms with van der Waals surface area (Å²) in [4.78, 5) is 14.5. The molecule has 0 aliphatic carbocycles. The van der Waals surface area contributed by atoms with Crippen molar-refractivity contribution in [2.24, 2.45) is 0 Å². The van der Waals surface area contributed by atoms with Crippen LogP contribution in [-0.2, 0) is 27.7 Å². The van der Waals surface area contributed by atoms with E-state index in [1.807, 2.05) is 0 Å². The van der Waals surface area contributed by atoms with Crippen molar-refractivity contribution in [3.8, 4) is 0 Å². The van der Waals surface area contributed by atoms with Gasteiger partial charge in [-0.2, -0.15) is 13.2 Å². The lowest BCUT2D eigenvalue weighted by molar-refractivity contribution is -0.213. The zero-order chi connectivity index (χ0) is 29.1. The van der Waals surface area contributed by atoms with Crippen molar-refractivity contribution in [1.29, 1.82) is 0 Å². The van der Waals surface area contributed by atoms with Gasteiger partial charge in [0, 0.05) is 35.2 Å². The molecule has 1 amide bonds. The van der Waals surface area contributed by atoms with Crippen LogP contribution in [0.2, 0.25) is 0 Å². The maximum Gasteiger partial charge on any atom is 0.406 e. The van der Waals surface area contributed by atoms with Gasteiger partial charge in [-0.25, -0.2) is 12.8 Å². The molecule has 4 rings (SSSR count). The van der Waals surface area contributed by atoms with Crippen LogP contribution in [0.15, 0.2) is 53.4 Å². The fraction of sp³-hybridized carbons (Fsp3) is 0.444. The molecule has 40 heavy (non-hydrogen) atoms. The Balaban J connectivity index is 1.57. The molecule has 1 aliphatic rings. The van der Waals surface area contributed by atoms with E-state index in [1.165, 1.54) is 42.2 Å². The Morgan fingerprint density at radius 1 is 1.18 bits per heavy atom. The summed E-state index contributed by atoms with van der Waals surface area (Å²) >= 11 is 0. The lowest BCUT2D eigenvalue weighted by Crippen LogP contribution is -2.53. The first-order valence-corrected chi connectivity index (χ1v) is 14.4. The topological polar surface area (TPSA) is 101 Å². The molecule has 2 atom stereocenters. The van der Waals surface area contributed by atoms with E-state index < -0.39 is 53.9 Å². The summed E-state index contributed by atoms with van der Waals surface area (Å²) in [6.45, 7) is 0.00797. The number of morpholine rings is 1. The van der Waals surface area contributed by atoms with Crippen LogP contribution in [0.25, 0.3) is 10.9 Å². The second kappa shape index (κ2) is 12.2. The van der Waals surface area contributed by atoms with Crippen LogP contribution in [0, 0.1) is 0 Å². The molecular formula is C27H31F4N3O5S. The Kier molecular flexibility index (Phi) is 9.18. The Morgan fingerprint density at radius 2 is 1.90 bits per heavy atom. The van der Waals surface area contributed by atoms with Crippen LogP contribution in [0.4, 0.5) is 17.6 Å². The molecule has 1 saturated heterocycles. The number of carbonyl (C=O) groups is 1. The third-order valence-electron chi connectivity index (χ3n) is 7.05. The molecule has 2 N–H and O–H groups in total. The zero-order valence-electron chi connectivity index (χ0n) is 21.8. The number of aromatic nitrogens is 1. The predicted molar refractivity (Wildman–Crippen MR) is 140 cm³/mol. The second-order valence-electron chi connectivity index (χ2n) is 9.53. The first kappa shape index (κ1) is 30.0. The maximum absolute atomic E-state index is 13.6. The highest BCUT2D eigenvalue weighted by molar-refractivity contribution is 7.91. The monoisotopic (exact) mass is 585 g/mol. The number of hydrogen-bond donors (Lipinski definition) is 2. The summed E-state index contributed by atoms with van der Waals surface area (Å²) in [7, 11) is -3.40. The van der Waals surface area contributed by atoms with E-state index in [9.17, 15) is 35.9 Å². The van der Waals surface area contributed by atoms with Gasteiger partial charge in [0.15, 0.2) is 9.84 Å². The number of nitrogens with one attached hydrogen (secondary N) is 1. The number of nitrogens with zero attached hydrogens (tertiary/aromatic N) is 2. The quantitative estimate of drug-likeness (QED) is 0.353. The van der Waals surface area contributed by atoms with Crippen molar-refractivity contribution >= 4 is 26.6 Å². The highest BCUT2D eigenvalue weighted by Crippen LogP contribution is 2.30. The molecule has 1 fully saturated rings. The number of fused-ring (bicyclic) bond motifs is 1. The first-order chi connectivity index (χ1) is 19.0. The minimum atomic E-state index is -4.48. The Bertz CT molecular complexity index is 1440. The van der Waals surface area contributed by atoms with Gasteiger partial charge in [-0.1, -0.05) is 19.1 Å². The lowest BCUT2D eigenvalue weighted by Gasteiger charge is -2.36. The largest absolute Gasteiger partial charge is 0.406 e. The Morgan fingerprint density at radius 3 is 2.52 bits per heavy atom. The molecule has 0 spiro atoms. The smallest absolute Gasteiger partial charge is 0.394 e. The SMILES string of the molecule is CCS(=O)(=O)c1ccc([C@H](CO)NC(=O)c2ccc3c(c2)cc(CN2CCOCC2C(F)(F)F)n3CCF)cc1. The van der Waals surface area contributed by atoms with E-state index in [-0.39, 0.29) is 42.5 Å². The Hall–Kier alpha value is -3.00. The molecule has 13 heteroatoms. The van der Waals surface area contributed by atoms with E-state index in [2.05, 4.69) is 5.32 Å². The van der Waals surface area contributed by atoms with Crippen molar-refractivity contribution in [3.05, 3.63) is 65.4 Å². The van der Waals surface area contributed by atoms with Crippen molar-refractivity contribution in [1.82, 2.24) is 14.8 Å². The van der Waals surface area contributed by atoms with E-state index in [0.717, 1.165) is 0 Å². The number of ether oxygens (including phenoxy) is 1.